The predicted molar refractivity (Wildman–Crippen MR) is 118 cm³/mol. The zero-order valence-corrected chi connectivity index (χ0v) is 17.0. The van der Waals surface area contributed by atoms with Crippen LogP contribution in [0.5, 0.6) is 0 Å². The minimum absolute atomic E-state index is 1.05. The topological polar surface area (TPSA) is 17.4 Å². The molecule has 3 aromatic rings. The van der Waals surface area contributed by atoms with Crippen LogP contribution in [-0.2, 0) is 19.4 Å². The van der Waals surface area contributed by atoms with Crippen LogP contribution in [0.4, 0.5) is 0 Å². The Kier molecular flexibility index (Phi) is 5.27. The molecule has 1 fully saturated rings. The largest absolute Gasteiger partial charge is 0.298 e. The number of fused-ring (bicyclic) bond motifs is 2. The summed E-state index contributed by atoms with van der Waals surface area (Å²) in [5.74, 6) is 0. The van der Waals surface area contributed by atoms with E-state index in [-0.39, 0.29) is 0 Å². The Morgan fingerprint density at radius 3 is 1.90 bits per heavy atom. The molecule has 0 saturated carbocycles. The first-order valence-corrected chi connectivity index (χ1v) is 10.9. The molecular weight excluding hydrogens is 352 g/mol. The van der Waals surface area contributed by atoms with Crippen molar-refractivity contribution in [1.29, 1.82) is 0 Å². The van der Waals surface area contributed by atoms with Crippen molar-refractivity contribution >= 4 is 5.57 Å². The normalized spacial score (nSPS) is 17.2. The summed E-state index contributed by atoms with van der Waals surface area (Å²) in [4.78, 5) is 5.72. The molecular formula is C27H29N2+. The van der Waals surface area contributed by atoms with E-state index in [4.69, 9.17) is 0 Å². The maximum Gasteiger partial charge on any atom is 0.167 e. The zero-order chi connectivity index (χ0) is 19.5. The Morgan fingerprint density at radius 1 is 0.690 bits per heavy atom. The van der Waals surface area contributed by atoms with Gasteiger partial charge in [0.25, 0.3) is 0 Å². The SMILES string of the molecule is c1ccc2c(c1)CCCc1ccccc1C2=C1CCN(Cc2cc[nH+]cc2)CC1. The summed E-state index contributed by atoms with van der Waals surface area (Å²) in [5.41, 5.74) is 10.6. The van der Waals surface area contributed by atoms with E-state index in [1.54, 1.807) is 5.57 Å². The van der Waals surface area contributed by atoms with Crippen LogP contribution < -0.4 is 4.98 Å². The number of likely N-dealkylation sites (tertiary alicyclic amines) is 1. The van der Waals surface area contributed by atoms with Crippen molar-refractivity contribution in [2.75, 3.05) is 13.1 Å². The number of hydrogen-bond donors (Lipinski definition) is 0. The summed E-state index contributed by atoms with van der Waals surface area (Å²) in [6, 6.07) is 22.6. The minimum atomic E-state index is 1.05. The highest BCUT2D eigenvalue weighted by Crippen LogP contribution is 2.38. The molecule has 1 aromatic heterocycles. The lowest BCUT2D eigenvalue weighted by molar-refractivity contribution is -0.378. The molecule has 0 spiro atoms. The average Bonchev–Trinajstić information content (AvgIpc) is 2.76. The van der Waals surface area contributed by atoms with Crippen LogP contribution in [0.3, 0.4) is 0 Å². The monoisotopic (exact) mass is 381 g/mol. The number of nitrogens with zero attached hydrogens (tertiary/aromatic N) is 1. The van der Waals surface area contributed by atoms with Gasteiger partial charge in [0.2, 0.25) is 0 Å². The lowest BCUT2D eigenvalue weighted by atomic mass is 9.81. The van der Waals surface area contributed by atoms with E-state index < -0.39 is 0 Å². The van der Waals surface area contributed by atoms with Crippen LogP contribution in [0.15, 0.2) is 78.6 Å². The fourth-order valence-corrected chi connectivity index (χ4v) is 4.98. The second-order valence-electron chi connectivity index (χ2n) is 8.33. The van der Waals surface area contributed by atoms with E-state index in [9.17, 15) is 0 Å². The quantitative estimate of drug-likeness (QED) is 0.605. The number of rotatable bonds is 2. The first-order valence-electron chi connectivity index (χ1n) is 10.9. The van der Waals surface area contributed by atoms with E-state index >= 15 is 0 Å². The number of hydrogen-bond acceptors (Lipinski definition) is 1. The van der Waals surface area contributed by atoms with Gasteiger partial charge >= 0.3 is 0 Å². The lowest BCUT2D eigenvalue weighted by Gasteiger charge is -2.31. The van der Waals surface area contributed by atoms with Crippen molar-refractivity contribution in [3.8, 4) is 0 Å². The van der Waals surface area contributed by atoms with E-state index in [1.165, 1.54) is 52.7 Å². The van der Waals surface area contributed by atoms with E-state index in [1.807, 2.05) is 12.4 Å². The van der Waals surface area contributed by atoms with Crippen molar-refractivity contribution in [2.24, 2.45) is 0 Å². The number of aryl methyl sites for hydroxylation is 2. The molecule has 1 aliphatic heterocycles. The van der Waals surface area contributed by atoms with Gasteiger partial charge in [-0.1, -0.05) is 54.1 Å². The molecule has 2 heterocycles. The molecule has 1 aliphatic carbocycles. The third-order valence-corrected chi connectivity index (χ3v) is 6.47. The number of aromatic amines is 1. The Morgan fingerprint density at radius 2 is 1.28 bits per heavy atom. The number of aromatic nitrogens is 1. The second-order valence-corrected chi connectivity index (χ2v) is 8.33. The van der Waals surface area contributed by atoms with Gasteiger partial charge in [0.15, 0.2) is 12.4 Å². The summed E-state index contributed by atoms with van der Waals surface area (Å²) in [7, 11) is 0. The van der Waals surface area contributed by atoms with E-state index in [0.717, 1.165) is 32.5 Å². The fourth-order valence-electron chi connectivity index (χ4n) is 4.98. The van der Waals surface area contributed by atoms with Crippen LogP contribution in [-0.4, -0.2) is 18.0 Å². The smallest absolute Gasteiger partial charge is 0.167 e. The molecule has 2 nitrogen and oxygen atoms in total. The van der Waals surface area contributed by atoms with Crippen molar-refractivity contribution in [3.05, 3.63) is 106 Å². The van der Waals surface area contributed by atoms with Crippen LogP contribution in [0.2, 0.25) is 0 Å². The van der Waals surface area contributed by atoms with Crippen LogP contribution >= 0.6 is 0 Å². The summed E-state index contributed by atoms with van der Waals surface area (Å²) in [6.07, 6.45) is 9.97. The molecule has 146 valence electrons. The standard InChI is InChI=1S/C27H28N2/c1-3-10-25-22(6-1)8-5-9-23-7-2-4-11-26(23)27(25)24-14-18-29(19-15-24)20-21-12-16-28-17-13-21/h1-4,6-7,10-13,16-17H,5,8-9,14-15,18-20H2/p+1. The maximum atomic E-state index is 3.12. The number of benzene rings is 2. The van der Waals surface area contributed by atoms with Gasteiger partial charge in [-0.15, -0.1) is 0 Å². The first kappa shape index (κ1) is 18.3. The highest BCUT2D eigenvalue weighted by atomic mass is 15.1. The predicted octanol–water partition coefficient (Wildman–Crippen LogP) is 5.09. The molecule has 1 N–H and O–H groups in total. The molecule has 1 saturated heterocycles. The van der Waals surface area contributed by atoms with Gasteiger partial charge in [-0.3, -0.25) is 4.90 Å². The van der Waals surface area contributed by atoms with Gasteiger partial charge in [-0.25, -0.2) is 4.98 Å². The van der Waals surface area contributed by atoms with Crippen molar-refractivity contribution < 1.29 is 4.98 Å². The average molecular weight is 382 g/mol. The van der Waals surface area contributed by atoms with Gasteiger partial charge in [-0.2, -0.15) is 0 Å². The Hall–Kier alpha value is -2.71. The summed E-state index contributed by atoms with van der Waals surface area (Å²) >= 11 is 0. The summed E-state index contributed by atoms with van der Waals surface area (Å²) < 4.78 is 0. The van der Waals surface area contributed by atoms with Crippen LogP contribution in [0.1, 0.15) is 47.1 Å². The maximum absolute atomic E-state index is 3.12. The Labute approximate surface area is 173 Å². The molecule has 0 atom stereocenters. The van der Waals surface area contributed by atoms with Crippen molar-refractivity contribution in [1.82, 2.24) is 4.90 Å². The van der Waals surface area contributed by atoms with Gasteiger partial charge in [0, 0.05) is 31.8 Å². The van der Waals surface area contributed by atoms with Gasteiger partial charge < -0.3 is 0 Å². The van der Waals surface area contributed by atoms with Crippen molar-refractivity contribution in [3.63, 3.8) is 0 Å². The molecule has 2 heteroatoms. The molecule has 2 aromatic carbocycles. The fraction of sp³-hybridized carbons (Fsp3) is 0.296. The molecule has 0 amide bonds. The van der Waals surface area contributed by atoms with Gasteiger partial charge in [0.1, 0.15) is 0 Å². The molecule has 0 radical (unpaired) electrons. The van der Waals surface area contributed by atoms with Crippen LogP contribution in [0, 0.1) is 0 Å². The van der Waals surface area contributed by atoms with E-state index in [2.05, 4.69) is 70.5 Å². The molecule has 0 bridgehead atoms. The summed E-state index contributed by atoms with van der Waals surface area (Å²) in [6.45, 7) is 3.33. The highest BCUT2D eigenvalue weighted by Gasteiger charge is 2.23. The number of H-pyrrole nitrogens is 1. The molecule has 29 heavy (non-hydrogen) atoms. The lowest BCUT2D eigenvalue weighted by Crippen LogP contribution is -2.30. The van der Waals surface area contributed by atoms with Gasteiger partial charge in [-0.05, 0) is 65.5 Å². The highest BCUT2D eigenvalue weighted by molar-refractivity contribution is 5.85. The number of nitrogens with one attached hydrogen (secondary N) is 1. The van der Waals surface area contributed by atoms with Crippen LogP contribution in [0.25, 0.3) is 5.57 Å². The van der Waals surface area contributed by atoms with Gasteiger partial charge in [0.05, 0.1) is 0 Å². The summed E-state index contributed by atoms with van der Waals surface area (Å²) in [5, 5.41) is 0. The van der Waals surface area contributed by atoms with E-state index in [0.29, 0.717) is 0 Å². The molecule has 5 rings (SSSR count). The third kappa shape index (κ3) is 3.90. The molecule has 0 unspecified atom stereocenters. The Balaban J connectivity index is 1.49. The molecule has 2 aliphatic rings. The van der Waals surface area contributed by atoms with Crippen molar-refractivity contribution in [2.45, 2.75) is 38.6 Å². The third-order valence-electron chi connectivity index (χ3n) is 6.47. The second kappa shape index (κ2) is 8.34. The zero-order valence-electron chi connectivity index (χ0n) is 17.0. The Bertz CT molecular complexity index is 960. The minimum Gasteiger partial charge on any atom is -0.298 e. The number of pyridine rings is 1. The number of piperidine rings is 1. The first-order chi connectivity index (χ1) is 14.4.